The standard InChI is InChI=1S/C17H20N2O4/c1-4-19-15-11(6-5-10(2)18-15)14-12(16(19)22)7-8-17(3,23-14)9-13(20)21/h5-6H,4,7-9H2,1-3H3,(H,20,21). The normalized spacial score (nSPS) is 20.1. The van der Waals surface area contributed by atoms with Gasteiger partial charge in [0.25, 0.3) is 5.56 Å². The Morgan fingerprint density at radius 2 is 2.22 bits per heavy atom. The van der Waals surface area contributed by atoms with Crippen molar-refractivity contribution in [3.63, 3.8) is 0 Å². The molecule has 3 rings (SSSR count). The fourth-order valence-corrected chi connectivity index (χ4v) is 3.21. The minimum atomic E-state index is -0.906. The third-order valence-corrected chi connectivity index (χ3v) is 4.39. The van der Waals surface area contributed by atoms with Gasteiger partial charge < -0.3 is 9.84 Å². The molecule has 1 aliphatic heterocycles. The molecule has 1 atom stereocenters. The van der Waals surface area contributed by atoms with Crippen molar-refractivity contribution in [2.75, 3.05) is 0 Å². The monoisotopic (exact) mass is 316 g/mol. The molecule has 0 spiro atoms. The first-order valence-electron chi connectivity index (χ1n) is 7.78. The number of carbonyl (C=O) groups is 1. The summed E-state index contributed by atoms with van der Waals surface area (Å²) in [5.41, 5.74) is 1.14. The molecule has 0 aliphatic carbocycles. The second-order valence-electron chi connectivity index (χ2n) is 6.30. The maximum Gasteiger partial charge on any atom is 0.307 e. The van der Waals surface area contributed by atoms with Gasteiger partial charge in [-0.2, -0.15) is 0 Å². The van der Waals surface area contributed by atoms with Crippen molar-refractivity contribution in [2.24, 2.45) is 0 Å². The highest BCUT2D eigenvalue weighted by molar-refractivity contribution is 5.84. The Kier molecular flexibility index (Phi) is 3.62. The van der Waals surface area contributed by atoms with Gasteiger partial charge in [-0.1, -0.05) is 0 Å². The minimum Gasteiger partial charge on any atom is -0.486 e. The highest BCUT2D eigenvalue weighted by Gasteiger charge is 2.36. The Morgan fingerprint density at radius 1 is 1.48 bits per heavy atom. The molecule has 6 nitrogen and oxygen atoms in total. The first-order valence-corrected chi connectivity index (χ1v) is 7.78. The van der Waals surface area contributed by atoms with Crippen molar-refractivity contribution in [3.05, 3.63) is 33.7 Å². The van der Waals surface area contributed by atoms with Crippen LogP contribution in [0.4, 0.5) is 0 Å². The number of fused-ring (bicyclic) bond motifs is 3. The van der Waals surface area contributed by atoms with Crippen LogP contribution in [0.15, 0.2) is 16.9 Å². The number of aliphatic carboxylic acids is 1. The molecule has 1 aliphatic rings. The van der Waals surface area contributed by atoms with Crippen molar-refractivity contribution < 1.29 is 14.6 Å². The highest BCUT2D eigenvalue weighted by atomic mass is 16.5. The van der Waals surface area contributed by atoms with Gasteiger partial charge in [0, 0.05) is 12.2 Å². The van der Waals surface area contributed by atoms with Crippen molar-refractivity contribution in [1.82, 2.24) is 9.55 Å². The first-order chi connectivity index (χ1) is 10.8. The number of pyridine rings is 2. The van der Waals surface area contributed by atoms with Gasteiger partial charge in [0.1, 0.15) is 17.0 Å². The summed E-state index contributed by atoms with van der Waals surface area (Å²) in [6.45, 7) is 6.10. The van der Waals surface area contributed by atoms with Crippen LogP contribution in [0.25, 0.3) is 11.0 Å². The van der Waals surface area contributed by atoms with Crippen LogP contribution < -0.4 is 10.3 Å². The lowest BCUT2D eigenvalue weighted by Gasteiger charge is -2.35. The van der Waals surface area contributed by atoms with Crippen LogP contribution in [-0.2, 0) is 17.8 Å². The van der Waals surface area contributed by atoms with E-state index in [-0.39, 0.29) is 12.0 Å². The molecule has 0 saturated heterocycles. The number of nitrogens with zero attached hydrogens (tertiary/aromatic N) is 2. The van der Waals surface area contributed by atoms with Gasteiger partial charge in [0.15, 0.2) is 0 Å². The quantitative estimate of drug-likeness (QED) is 0.939. The lowest BCUT2D eigenvalue weighted by atomic mass is 9.89. The van der Waals surface area contributed by atoms with Crippen molar-refractivity contribution >= 4 is 17.0 Å². The highest BCUT2D eigenvalue weighted by Crippen LogP contribution is 2.38. The van der Waals surface area contributed by atoms with Gasteiger partial charge in [-0.3, -0.25) is 14.2 Å². The van der Waals surface area contributed by atoms with E-state index in [1.54, 1.807) is 11.5 Å². The third kappa shape index (κ3) is 2.58. The molecule has 2 aromatic rings. The fraction of sp³-hybridized carbons (Fsp3) is 0.471. The predicted octanol–water partition coefficient (Wildman–Crippen LogP) is 2.28. The molecule has 0 saturated carbocycles. The van der Waals surface area contributed by atoms with Gasteiger partial charge in [0.2, 0.25) is 0 Å². The van der Waals surface area contributed by atoms with Crippen molar-refractivity contribution in [1.29, 1.82) is 0 Å². The van der Waals surface area contributed by atoms with Crippen LogP contribution in [0.1, 0.15) is 37.9 Å². The minimum absolute atomic E-state index is 0.0922. The number of ether oxygens (including phenoxy) is 1. The SMILES string of the molecule is CCn1c(=O)c2c(c3ccc(C)nc31)OC(C)(CC(=O)O)CC2. The number of hydrogen-bond donors (Lipinski definition) is 1. The summed E-state index contributed by atoms with van der Waals surface area (Å²) >= 11 is 0. The number of carboxylic acid groups (broad SMARTS) is 1. The summed E-state index contributed by atoms with van der Waals surface area (Å²) in [5.74, 6) is -0.409. The number of hydrogen-bond acceptors (Lipinski definition) is 4. The Labute approximate surface area is 133 Å². The van der Waals surface area contributed by atoms with Gasteiger partial charge in [0.05, 0.1) is 17.4 Å². The van der Waals surface area contributed by atoms with Crippen LogP contribution in [0.5, 0.6) is 5.75 Å². The summed E-state index contributed by atoms with van der Waals surface area (Å²) in [6.07, 6.45) is 0.932. The largest absolute Gasteiger partial charge is 0.486 e. The van der Waals surface area contributed by atoms with Gasteiger partial charge in [-0.15, -0.1) is 0 Å². The van der Waals surface area contributed by atoms with E-state index in [9.17, 15) is 9.59 Å². The van der Waals surface area contributed by atoms with E-state index in [2.05, 4.69) is 4.98 Å². The molecule has 1 unspecified atom stereocenters. The molecule has 0 radical (unpaired) electrons. The van der Waals surface area contributed by atoms with E-state index in [1.165, 1.54) is 0 Å². The number of aryl methyl sites for hydroxylation is 2. The molecule has 122 valence electrons. The second kappa shape index (κ2) is 5.37. The Bertz CT molecular complexity index is 856. The Balaban J connectivity index is 2.25. The Morgan fingerprint density at radius 3 is 2.87 bits per heavy atom. The smallest absolute Gasteiger partial charge is 0.307 e. The fourth-order valence-electron chi connectivity index (χ4n) is 3.21. The lowest BCUT2D eigenvalue weighted by Crippen LogP contribution is -2.41. The zero-order chi connectivity index (χ0) is 16.8. The van der Waals surface area contributed by atoms with E-state index in [0.717, 1.165) is 11.1 Å². The molecule has 1 N–H and O–H groups in total. The molecule has 3 heterocycles. The maximum absolute atomic E-state index is 12.7. The zero-order valence-corrected chi connectivity index (χ0v) is 13.5. The first kappa shape index (κ1) is 15.5. The van der Waals surface area contributed by atoms with Crippen LogP contribution in [0.3, 0.4) is 0 Å². The van der Waals surface area contributed by atoms with Gasteiger partial charge in [-0.05, 0) is 45.7 Å². The predicted molar refractivity (Wildman–Crippen MR) is 86.0 cm³/mol. The average molecular weight is 316 g/mol. The summed E-state index contributed by atoms with van der Waals surface area (Å²) in [6, 6.07) is 3.77. The van der Waals surface area contributed by atoms with Crippen LogP contribution in [-0.4, -0.2) is 26.2 Å². The molecule has 0 amide bonds. The third-order valence-electron chi connectivity index (χ3n) is 4.39. The molecular weight excluding hydrogens is 296 g/mol. The maximum atomic E-state index is 12.7. The molecule has 0 fully saturated rings. The van der Waals surface area contributed by atoms with Crippen molar-refractivity contribution in [2.45, 2.75) is 52.2 Å². The molecular formula is C17H20N2O4. The van der Waals surface area contributed by atoms with E-state index in [4.69, 9.17) is 9.84 Å². The van der Waals surface area contributed by atoms with E-state index in [0.29, 0.717) is 36.3 Å². The number of aromatic nitrogens is 2. The lowest BCUT2D eigenvalue weighted by molar-refractivity contribution is -0.141. The topological polar surface area (TPSA) is 81.4 Å². The number of carboxylic acids is 1. The summed E-state index contributed by atoms with van der Waals surface area (Å²) in [4.78, 5) is 28.3. The van der Waals surface area contributed by atoms with Crippen molar-refractivity contribution in [3.8, 4) is 5.75 Å². The molecule has 0 aromatic carbocycles. The summed E-state index contributed by atoms with van der Waals surface area (Å²) < 4.78 is 7.69. The molecule has 23 heavy (non-hydrogen) atoms. The number of rotatable bonds is 3. The molecule has 0 bridgehead atoms. The van der Waals surface area contributed by atoms with E-state index >= 15 is 0 Å². The van der Waals surface area contributed by atoms with Gasteiger partial charge in [-0.25, -0.2) is 4.98 Å². The van der Waals surface area contributed by atoms with E-state index < -0.39 is 11.6 Å². The van der Waals surface area contributed by atoms with E-state index in [1.807, 2.05) is 26.0 Å². The Hall–Kier alpha value is -2.37. The zero-order valence-electron chi connectivity index (χ0n) is 13.5. The molecule has 2 aromatic heterocycles. The molecule has 6 heteroatoms. The van der Waals surface area contributed by atoms with Crippen LogP contribution in [0, 0.1) is 6.92 Å². The average Bonchev–Trinajstić information content (AvgIpc) is 2.46. The van der Waals surface area contributed by atoms with Crippen LogP contribution in [0.2, 0.25) is 0 Å². The van der Waals surface area contributed by atoms with Gasteiger partial charge >= 0.3 is 5.97 Å². The summed E-state index contributed by atoms with van der Waals surface area (Å²) in [7, 11) is 0. The summed E-state index contributed by atoms with van der Waals surface area (Å²) in [5, 5.41) is 9.87. The second-order valence-corrected chi connectivity index (χ2v) is 6.30. The van der Waals surface area contributed by atoms with Crippen LogP contribution >= 0.6 is 0 Å².